The molecule has 3 heterocycles. The van der Waals surface area contributed by atoms with Crippen molar-refractivity contribution in [3.05, 3.63) is 11.8 Å². The Hall–Kier alpha value is -1.36. The number of nitrogens with zero attached hydrogens (tertiary/aromatic N) is 1. The van der Waals surface area contributed by atoms with E-state index in [0.29, 0.717) is 24.4 Å². The van der Waals surface area contributed by atoms with E-state index in [0.717, 1.165) is 30.6 Å². The summed E-state index contributed by atoms with van der Waals surface area (Å²) in [7, 11) is 0. The average molecular weight is 262 g/mol. The van der Waals surface area contributed by atoms with Gasteiger partial charge in [-0.1, -0.05) is 6.92 Å². The number of carbonyl (C=O) groups is 1. The van der Waals surface area contributed by atoms with Gasteiger partial charge in [0.25, 0.3) is 0 Å². The van der Waals surface area contributed by atoms with E-state index in [1.807, 2.05) is 0 Å². The number of aryl methyl sites for hydroxylation is 1. The van der Waals surface area contributed by atoms with Gasteiger partial charge >= 0.3 is 0 Å². The largest absolute Gasteiger partial charge is 0.311 e. The van der Waals surface area contributed by atoms with E-state index < -0.39 is 0 Å². The van der Waals surface area contributed by atoms with Crippen molar-refractivity contribution in [3.63, 3.8) is 0 Å². The van der Waals surface area contributed by atoms with Crippen molar-refractivity contribution in [2.24, 2.45) is 5.92 Å². The van der Waals surface area contributed by atoms with Gasteiger partial charge in [0.05, 0.1) is 6.20 Å². The van der Waals surface area contributed by atoms with Gasteiger partial charge in [0.2, 0.25) is 5.91 Å². The summed E-state index contributed by atoms with van der Waals surface area (Å²) in [6, 6.07) is 1.30. The smallest absolute Gasteiger partial charge is 0.225 e. The summed E-state index contributed by atoms with van der Waals surface area (Å²) >= 11 is 0. The maximum atomic E-state index is 12.1. The molecule has 2 fully saturated rings. The van der Waals surface area contributed by atoms with Crippen LogP contribution in [0.2, 0.25) is 0 Å². The van der Waals surface area contributed by atoms with E-state index in [9.17, 15) is 4.79 Å². The van der Waals surface area contributed by atoms with E-state index in [4.69, 9.17) is 0 Å². The quantitative estimate of drug-likeness (QED) is 0.775. The fourth-order valence-electron chi connectivity index (χ4n) is 3.48. The maximum Gasteiger partial charge on any atom is 0.225 e. The molecule has 2 atom stereocenters. The van der Waals surface area contributed by atoms with Crippen LogP contribution in [0.3, 0.4) is 0 Å². The van der Waals surface area contributed by atoms with Crippen LogP contribution in [-0.4, -0.2) is 28.2 Å². The highest BCUT2D eigenvalue weighted by atomic mass is 16.1. The molecule has 5 heteroatoms. The lowest BCUT2D eigenvalue weighted by molar-refractivity contribution is -0.117. The zero-order valence-electron chi connectivity index (χ0n) is 11.4. The highest BCUT2D eigenvalue weighted by Crippen LogP contribution is 2.32. The normalized spacial score (nSPS) is 29.4. The van der Waals surface area contributed by atoms with Crippen molar-refractivity contribution in [3.8, 4) is 0 Å². The highest BCUT2D eigenvalue weighted by Gasteiger charge is 2.34. The van der Waals surface area contributed by atoms with Gasteiger partial charge in [-0.25, -0.2) is 0 Å². The minimum Gasteiger partial charge on any atom is -0.311 e. The van der Waals surface area contributed by atoms with E-state index in [1.165, 1.54) is 12.8 Å². The van der Waals surface area contributed by atoms with Gasteiger partial charge in [0.15, 0.2) is 0 Å². The van der Waals surface area contributed by atoms with Gasteiger partial charge in [0.1, 0.15) is 5.82 Å². The van der Waals surface area contributed by atoms with Crippen LogP contribution in [0.5, 0.6) is 0 Å². The van der Waals surface area contributed by atoms with Crippen LogP contribution < -0.4 is 10.6 Å². The Labute approximate surface area is 113 Å². The molecule has 2 unspecified atom stereocenters. The Morgan fingerprint density at radius 1 is 1.42 bits per heavy atom. The van der Waals surface area contributed by atoms with Gasteiger partial charge in [0, 0.05) is 24.1 Å². The number of amides is 1. The Balaban J connectivity index is 1.54. The predicted octanol–water partition coefficient (Wildman–Crippen LogP) is 1.83. The Morgan fingerprint density at radius 2 is 2.16 bits per heavy atom. The predicted molar refractivity (Wildman–Crippen MR) is 73.9 cm³/mol. The molecule has 2 saturated heterocycles. The van der Waals surface area contributed by atoms with Crippen LogP contribution in [0.15, 0.2) is 6.20 Å². The van der Waals surface area contributed by atoms with Crippen molar-refractivity contribution >= 4 is 11.7 Å². The molecule has 2 aliphatic rings. The summed E-state index contributed by atoms with van der Waals surface area (Å²) in [5.74, 6) is 1.42. The molecule has 3 rings (SSSR count). The van der Waals surface area contributed by atoms with Crippen LogP contribution in [0.25, 0.3) is 0 Å². The summed E-state index contributed by atoms with van der Waals surface area (Å²) in [4.78, 5) is 12.1. The second kappa shape index (κ2) is 5.33. The first-order chi connectivity index (χ1) is 9.24. The third-order valence-electron chi connectivity index (χ3n) is 4.41. The van der Waals surface area contributed by atoms with E-state index in [1.54, 1.807) is 6.20 Å². The minimum atomic E-state index is 0.116. The lowest BCUT2D eigenvalue weighted by Gasteiger charge is -2.28. The number of fused-ring (bicyclic) bond motifs is 2. The number of aromatic amines is 1. The van der Waals surface area contributed by atoms with Gasteiger partial charge in [-0.3, -0.25) is 9.89 Å². The maximum absolute atomic E-state index is 12.1. The fraction of sp³-hybridized carbons (Fsp3) is 0.714. The molecule has 19 heavy (non-hydrogen) atoms. The molecule has 0 saturated carbocycles. The molecular formula is C14H22N4O. The van der Waals surface area contributed by atoms with Gasteiger partial charge in [-0.15, -0.1) is 0 Å². The molecule has 3 N–H and O–H groups in total. The molecule has 5 nitrogen and oxygen atoms in total. The molecule has 2 bridgehead atoms. The first-order valence-electron chi connectivity index (χ1n) is 7.32. The second-order valence-electron chi connectivity index (χ2n) is 5.85. The van der Waals surface area contributed by atoms with Crippen molar-refractivity contribution in [1.29, 1.82) is 0 Å². The van der Waals surface area contributed by atoms with E-state index in [2.05, 4.69) is 27.8 Å². The zero-order valence-corrected chi connectivity index (χ0v) is 11.4. The Kier molecular flexibility index (Phi) is 3.55. The Bertz CT molecular complexity index is 444. The van der Waals surface area contributed by atoms with E-state index >= 15 is 0 Å². The number of carbonyl (C=O) groups excluding carboxylic acids is 1. The third kappa shape index (κ3) is 2.81. The zero-order chi connectivity index (χ0) is 13.2. The molecular weight excluding hydrogens is 240 g/mol. The number of hydrogen-bond acceptors (Lipinski definition) is 3. The SMILES string of the molecule is CCc1cn[nH]c1NC(=O)CC1CC2CCC(C1)N2. The van der Waals surface area contributed by atoms with Crippen LogP contribution >= 0.6 is 0 Å². The minimum absolute atomic E-state index is 0.116. The summed E-state index contributed by atoms with van der Waals surface area (Å²) in [6.45, 7) is 2.06. The summed E-state index contributed by atoms with van der Waals surface area (Å²) in [6.07, 6.45) is 8.15. The summed E-state index contributed by atoms with van der Waals surface area (Å²) in [5.41, 5.74) is 1.07. The molecule has 0 aromatic carbocycles. The van der Waals surface area contributed by atoms with Crippen LogP contribution in [0, 0.1) is 5.92 Å². The Morgan fingerprint density at radius 3 is 2.84 bits per heavy atom. The number of nitrogens with one attached hydrogen (secondary N) is 3. The summed E-state index contributed by atoms with van der Waals surface area (Å²) in [5, 5.41) is 13.4. The monoisotopic (exact) mass is 262 g/mol. The third-order valence-corrected chi connectivity index (χ3v) is 4.41. The first kappa shape index (κ1) is 12.7. The number of anilines is 1. The van der Waals surface area contributed by atoms with Crippen molar-refractivity contribution in [2.75, 3.05) is 5.32 Å². The highest BCUT2D eigenvalue weighted by molar-refractivity contribution is 5.90. The molecule has 1 aromatic rings. The fourth-order valence-corrected chi connectivity index (χ4v) is 3.48. The lowest BCUT2D eigenvalue weighted by atomic mass is 9.89. The van der Waals surface area contributed by atoms with Gasteiger partial charge < -0.3 is 10.6 Å². The standard InChI is InChI=1S/C14H22N4O/c1-2-10-8-15-18-14(10)17-13(19)7-9-5-11-3-4-12(6-9)16-11/h8-9,11-12,16H,2-7H2,1H3,(H2,15,17,18,19). The van der Waals surface area contributed by atoms with Crippen LogP contribution in [-0.2, 0) is 11.2 Å². The van der Waals surface area contributed by atoms with Crippen molar-refractivity contribution < 1.29 is 4.79 Å². The van der Waals surface area contributed by atoms with Gasteiger partial charge in [-0.05, 0) is 38.0 Å². The topological polar surface area (TPSA) is 69.8 Å². The number of hydrogen-bond donors (Lipinski definition) is 3. The molecule has 0 aliphatic carbocycles. The van der Waals surface area contributed by atoms with Gasteiger partial charge in [-0.2, -0.15) is 5.10 Å². The van der Waals surface area contributed by atoms with E-state index in [-0.39, 0.29) is 5.91 Å². The summed E-state index contributed by atoms with van der Waals surface area (Å²) < 4.78 is 0. The number of H-pyrrole nitrogens is 1. The van der Waals surface area contributed by atoms with Crippen molar-refractivity contribution in [1.82, 2.24) is 15.5 Å². The first-order valence-corrected chi connectivity index (χ1v) is 7.32. The number of rotatable bonds is 4. The van der Waals surface area contributed by atoms with Crippen molar-refractivity contribution in [2.45, 2.75) is 57.5 Å². The average Bonchev–Trinajstić information content (AvgIpc) is 2.96. The van der Waals surface area contributed by atoms with Crippen LogP contribution in [0.1, 0.15) is 44.6 Å². The molecule has 1 amide bonds. The lowest BCUT2D eigenvalue weighted by Crippen LogP contribution is -2.39. The second-order valence-corrected chi connectivity index (χ2v) is 5.85. The number of aromatic nitrogens is 2. The van der Waals surface area contributed by atoms with Crippen LogP contribution in [0.4, 0.5) is 5.82 Å². The molecule has 1 aromatic heterocycles. The molecule has 0 spiro atoms. The molecule has 104 valence electrons. The molecule has 0 radical (unpaired) electrons. The number of piperidine rings is 1. The molecule has 2 aliphatic heterocycles.